The Morgan fingerprint density at radius 2 is 1.52 bits per heavy atom. The summed E-state index contributed by atoms with van der Waals surface area (Å²) >= 11 is 1.26. The van der Waals surface area contributed by atoms with Crippen molar-refractivity contribution < 1.29 is 23.7 Å². The molecule has 0 aromatic rings. The van der Waals surface area contributed by atoms with Gasteiger partial charge in [-0.25, -0.2) is 4.79 Å². The maximum absolute atomic E-state index is 11.3. The topological polar surface area (TPSA) is 66.0 Å². The molecule has 1 N–H and O–H groups in total. The molecule has 6 nitrogen and oxygen atoms in total. The third-order valence-corrected chi connectivity index (χ3v) is 2.41. The van der Waals surface area contributed by atoms with Crippen LogP contribution < -0.4 is 5.32 Å². The molecule has 0 saturated heterocycles. The number of rotatable bonds is 11. The van der Waals surface area contributed by atoms with Crippen LogP contribution in [-0.4, -0.2) is 63.6 Å². The number of amides is 1. The first-order valence-corrected chi connectivity index (χ1v) is 8.02. The van der Waals surface area contributed by atoms with E-state index in [0.29, 0.717) is 46.2 Å². The van der Waals surface area contributed by atoms with E-state index in [-0.39, 0.29) is 0 Å². The van der Waals surface area contributed by atoms with Crippen LogP contribution in [0.4, 0.5) is 4.79 Å². The van der Waals surface area contributed by atoms with Gasteiger partial charge in [-0.3, -0.25) is 0 Å². The number of ether oxygens (including phenoxy) is 4. The number of carbonyl (C=O) groups excluding carboxylic acids is 1. The van der Waals surface area contributed by atoms with Gasteiger partial charge in [0.25, 0.3) is 0 Å². The second-order valence-corrected chi connectivity index (χ2v) is 5.88. The van der Waals surface area contributed by atoms with E-state index in [1.807, 2.05) is 20.8 Å². The van der Waals surface area contributed by atoms with E-state index in [1.54, 1.807) is 0 Å². The monoisotopic (exact) mass is 321 g/mol. The quantitative estimate of drug-likeness (QED) is 0.589. The summed E-state index contributed by atoms with van der Waals surface area (Å²) in [5.74, 6) is 0.785. The fraction of sp³-hybridized carbons (Fsp3) is 0.857. The molecule has 0 atom stereocenters. The van der Waals surface area contributed by atoms with Crippen LogP contribution in [-0.2, 0) is 18.9 Å². The van der Waals surface area contributed by atoms with Crippen LogP contribution in [0, 0.1) is 5.69 Å². The first kappa shape index (κ1) is 20.1. The second kappa shape index (κ2) is 12.9. The van der Waals surface area contributed by atoms with Crippen LogP contribution in [0.15, 0.2) is 0 Å². The number of hydrogen-bond donors (Lipinski definition) is 1. The van der Waals surface area contributed by atoms with Gasteiger partial charge < -0.3 is 24.3 Å². The Morgan fingerprint density at radius 1 is 1.00 bits per heavy atom. The molecule has 1 amide bonds. The third kappa shape index (κ3) is 17.1. The highest BCUT2D eigenvalue weighted by Crippen LogP contribution is 2.05. The minimum Gasteiger partial charge on any atom is -0.444 e. The highest BCUT2D eigenvalue weighted by Gasteiger charge is 2.15. The minimum atomic E-state index is -0.482. The molecular formula is C14H27NO5S. The van der Waals surface area contributed by atoms with Crippen molar-refractivity contribution in [2.75, 3.05) is 51.9 Å². The zero-order valence-corrected chi connectivity index (χ0v) is 14.0. The van der Waals surface area contributed by atoms with Crippen molar-refractivity contribution in [2.45, 2.75) is 26.4 Å². The standard InChI is InChI=1S/C14H27NO5S/c1-14(2,3)20-13(16)15-5-6-17-7-8-18-9-10-19-11-12-21-4/h4H,5-12H2,1-3H3,(H,15,16). The molecule has 21 heavy (non-hydrogen) atoms. The van der Waals surface area contributed by atoms with Crippen molar-refractivity contribution in [1.29, 1.82) is 0 Å². The van der Waals surface area contributed by atoms with Crippen LogP contribution in [0.25, 0.3) is 0 Å². The maximum Gasteiger partial charge on any atom is 0.407 e. The van der Waals surface area contributed by atoms with Gasteiger partial charge in [0, 0.05) is 12.3 Å². The van der Waals surface area contributed by atoms with E-state index in [0.717, 1.165) is 5.75 Å². The summed E-state index contributed by atoms with van der Waals surface area (Å²) in [5.41, 5.74) is 4.77. The summed E-state index contributed by atoms with van der Waals surface area (Å²) in [6.45, 7) is 9.00. The smallest absolute Gasteiger partial charge is 0.407 e. The van der Waals surface area contributed by atoms with Gasteiger partial charge in [0.2, 0.25) is 0 Å². The SMILES string of the molecule is C#SCCOCCOCCOCCNC(=O)OC(C)(C)C. The van der Waals surface area contributed by atoms with Gasteiger partial charge in [-0.05, 0) is 20.8 Å². The molecule has 0 aromatic carbocycles. The average Bonchev–Trinajstić information content (AvgIpc) is 2.38. The maximum atomic E-state index is 11.3. The molecule has 0 aromatic heterocycles. The lowest BCUT2D eigenvalue weighted by atomic mass is 10.2. The van der Waals surface area contributed by atoms with Crippen LogP contribution >= 0.6 is 11.2 Å². The lowest BCUT2D eigenvalue weighted by Gasteiger charge is -2.19. The van der Waals surface area contributed by atoms with Crippen molar-refractivity contribution >= 4 is 17.3 Å². The fourth-order valence-electron chi connectivity index (χ4n) is 1.19. The summed E-state index contributed by atoms with van der Waals surface area (Å²) in [6, 6.07) is 0. The van der Waals surface area contributed by atoms with Crippen molar-refractivity contribution in [2.24, 2.45) is 0 Å². The molecule has 0 heterocycles. The molecule has 0 aliphatic rings. The number of nitrogens with one attached hydrogen (secondary N) is 1. The summed E-state index contributed by atoms with van der Waals surface area (Å²) in [7, 11) is 0. The molecule has 0 radical (unpaired) electrons. The van der Waals surface area contributed by atoms with Crippen molar-refractivity contribution in [3.05, 3.63) is 0 Å². The highest BCUT2D eigenvalue weighted by atomic mass is 32.1. The molecule has 0 spiro atoms. The van der Waals surface area contributed by atoms with E-state index < -0.39 is 11.7 Å². The molecule has 0 aliphatic heterocycles. The van der Waals surface area contributed by atoms with E-state index in [2.05, 4.69) is 5.32 Å². The predicted octanol–water partition coefficient (Wildman–Crippen LogP) is 1.88. The molecule has 124 valence electrons. The summed E-state index contributed by atoms with van der Waals surface area (Å²) < 4.78 is 21.0. The van der Waals surface area contributed by atoms with Gasteiger partial charge in [-0.15, -0.1) is 16.9 Å². The molecular weight excluding hydrogens is 294 g/mol. The Morgan fingerprint density at radius 3 is 2.05 bits per heavy atom. The van der Waals surface area contributed by atoms with Crippen LogP contribution in [0.1, 0.15) is 20.8 Å². The van der Waals surface area contributed by atoms with Gasteiger partial charge in [0.1, 0.15) is 5.60 Å². The van der Waals surface area contributed by atoms with Crippen LogP contribution in [0.5, 0.6) is 0 Å². The molecule has 0 saturated carbocycles. The third-order valence-electron chi connectivity index (χ3n) is 2.00. The second-order valence-electron chi connectivity index (χ2n) is 5.14. The van der Waals surface area contributed by atoms with Gasteiger partial charge in [-0.2, -0.15) is 0 Å². The number of hydrogen-bond acceptors (Lipinski definition) is 5. The van der Waals surface area contributed by atoms with Crippen LogP contribution in [0.3, 0.4) is 0 Å². The van der Waals surface area contributed by atoms with E-state index in [1.165, 1.54) is 11.2 Å². The Kier molecular flexibility index (Phi) is 12.3. The Bertz CT molecular complexity index is 311. The molecule has 0 bridgehead atoms. The predicted molar refractivity (Wildman–Crippen MR) is 84.1 cm³/mol. The number of carbonyl (C=O) groups is 1. The largest absolute Gasteiger partial charge is 0.444 e. The Hall–Kier alpha value is -0.850. The van der Waals surface area contributed by atoms with Gasteiger partial charge in [-0.1, -0.05) is 0 Å². The van der Waals surface area contributed by atoms with Crippen LogP contribution in [0.2, 0.25) is 0 Å². The minimum absolute atomic E-state index is 0.411. The van der Waals surface area contributed by atoms with Gasteiger partial charge in [0.15, 0.2) is 0 Å². The summed E-state index contributed by atoms with van der Waals surface area (Å²) in [4.78, 5) is 11.3. The molecule has 0 aliphatic carbocycles. The highest BCUT2D eigenvalue weighted by molar-refractivity contribution is 7.88. The first-order chi connectivity index (χ1) is 9.95. The fourth-order valence-corrected chi connectivity index (χ4v) is 1.40. The number of alkyl carbamates (subject to hydrolysis) is 1. The first-order valence-electron chi connectivity index (χ1n) is 6.97. The van der Waals surface area contributed by atoms with Gasteiger partial charge >= 0.3 is 6.09 Å². The van der Waals surface area contributed by atoms with E-state index in [4.69, 9.17) is 24.6 Å². The van der Waals surface area contributed by atoms with Crippen molar-refractivity contribution in [1.82, 2.24) is 5.32 Å². The summed E-state index contributed by atoms with van der Waals surface area (Å²) in [6.07, 6.45) is -0.435. The lowest BCUT2D eigenvalue weighted by Crippen LogP contribution is -2.34. The summed E-state index contributed by atoms with van der Waals surface area (Å²) in [5, 5.41) is 2.61. The van der Waals surface area contributed by atoms with Crippen molar-refractivity contribution in [3.8, 4) is 5.69 Å². The van der Waals surface area contributed by atoms with Crippen molar-refractivity contribution in [3.63, 3.8) is 0 Å². The molecule has 0 fully saturated rings. The van der Waals surface area contributed by atoms with E-state index >= 15 is 0 Å². The van der Waals surface area contributed by atoms with Gasteiger partial charge in [0.05, 0.1) is 39.6 Å². The zero-order chi connectivity index (χ0) is 16.0. The average molecular weight is 321 g/mol. The Labute approximate surface area is 131 Å². The molecule has 0 rings (SSSR count). The lowest BCUT2D eigenvalue weighted by molar-refractivity contribution is 0.0167. The normalized spacial score (nSPS) is 11.1. The van der Waals surface area contributed by atoms with E-state index in [9.17, 15) is 4.79 Å². The molecule has 7 heteroatoms. The zero-order valence-electron chi connectivity index (χ0n) is 13.2. The Balaban J connectivity index is 3.19. The molecule has 0 unspecified atom stereocenters.